The summed E-state index contributed by atoms with van der Waals surface area (Å²) in [5.74, 6) is 0.454. The number of nitrogens with one attached hydrogen (secondary N) is 2. The van der Waals surface area contributed by atoms with Gasteiger partial charge in [-0.05, 0) is 73.9 Å². The first-order valence-electron chi connectivity index (χ1n) is 10.3. The maximum absolute atomic E-state index is 12.6. The van der Waals surface area contributed by atoms with E-state index in [1.54, 1.807) is 0 Å². The van der Waals surface area contributed by atoms with E-state index in [2.05, 4.69) is 31.5 Å². The van der Waals surface area contributed by atoms with E-state index in [0.29, 0.717) is 12.5 Å². The van der Waals surface area contributed by atoms with Gasteiger partial charge < -0.3 is 10.2 Å². The molecule has 0 saturated heterocycles. The molecular weight excluding hydrogens is 374 g/mol. The zero-order valence-corrected chi connectivity index (χ0v) is 17.5. The van der Waals surface area contributed by atoms with Crippen LogP contribution in [0.3, 0.4) is 0 Å². The van der Waals surface area contributed by atoms with Gasteiger partial charge in [-0.1, -0.05) is 19.9 Å². The second-order valence-electron chi connectivity index (χ2n) is 7.68. The van der Waals surface area contributed by atoms with Crippen LogP contribution in [-0.4, -0.2) is 53.9 Å². The van der Waals surface area contributed by atoms with Crippen molar-refractivity contribution in [3.05, 3.63) is 28.3 Å². The molecule has 0 fully saturated rings. The molecule has 0 bridgehead atoms. The van der Waals surface area contributed by atoms with Crippen LogP contribution in [0.1, 0.15) is 48.9 Å². The van der Waals surface area contributed by atoms with Crippen LogP contribution in [0.15, 0.2) is 11.2 Å². The van der Waals surface area contributed by atoms with Gasteiger partial charge in [0.2, 0.25) is 20.9 Å². The van der Waals surface area contributed by atoms with Gasteiger partial charge in [0.1, 0.15) is 0 Å². The molecule has 2 N–H and O–H groups in total. The molecule has 0 spiro atoms. The number of hydrogen-bond acceptors (Lipinski definition) is 6. The summed E-state index contributed by atoms with van der Waals surface area (Å²) in [4.78, 5) is 4.99. The van der Waals surface area contributed by atoms with Crippen molar-refractivity contribution in [2.45, 2.75) is 57.5 Å². The summed E-state index contributed by atoms with van der Waals surface area (Å²) in [6, 6.07) is 2.37. The molecule has 8 heteroatoms. The third-order valence-electron chi connectivity index (χ3n) is 6.05. The first-order chi connectivity index (χ1) is 13.5. The molecular formula is C20H29N5O2S. The summed E-state index contributed by atoms with van der Waals surface area (Å²) in [6.45, 7) is 6.23. The molecule has 28 heavy (non-hydrogen) atoms. The molecule has 0 unspecified atom stereocenters. The largest absolute Gasteiger partial charge is 0.324 e. The molecule has 4 rings (SSSR count). The van der Waals surface area contributed by atoms with Crippen LogP contribution in [0, 0.1) is 0 Å². The molecule has 0 radical (unpaired) electrons. The molecule has 0 aliphatic heterocycles. The van der Waals surface area contributed by atoms with Crippen molar-refractivity contribution >= 4 is 21.5 Å². The zero-order chi connectivity index (χ0) is 19.7. The molecule has 7 nitrogen and oxygen atoms in total. The number of aryl methyl sites for hydroxylation is 2. The lowest BCUT2D eigenvalue weighted by atomic mass is 9.99. The van der Waals surface area contributed by atoms with E-state index in [-0.39, 0.29) is 10.9 Å². The Morgan fingerprint density at radius 2 is 1.68 bits per heavy atom. The molecule has 0 saturated carbocycles. The topological polar surface area (TPSA) is 91.0 Å². The average Bonchev–Trinajstić information content (AvgIpc) is 3.42. The smallest absolute Gasteiger partial charge is 0.248 e. The zero-order valence-electron chi connectivity index (χ0n) is 16.7. The minimum absolute atomic E-state index is 0.0411. The number of aromatic amines is 1. The van der Waals surface area contributed by atoms with Gasteiger partial charge >= 0.3 is 0 Å². The predicted octanol–water partition coefficient (Wildman–Crippen LogP) is 2.64. The number of rotatable bonds is 8. The van der Waals surface area contributed by atoms with Crippen molar-refractivity contribution in [1.29, 1.82) is 0 Å². The highest BCUT2D eigenvalue weighted by Gasteiger charge is 2.26. The molecule has 2 aromatic rings. The van der Waals surface area contributed by atoms with E-state index >= 15 is 0 Å². The second kappa shape index (κ2) is 7.83. The number of H-pyrrole nitrogens is 1. The van der Waals surface area contributed by atoms with Crippen molar-refractivity contribution in [2.75, 3.05) is 30.7 Å². The maximum Gasteiger partial charge on any atom is 0.248 e. The van der Waals surface area contributed by atoms with Crippen molar-refractivity contribution in [1.82, 2.24) is 20.1 Å². The first-order valence-corrected chi connectivity index (χ1v) is 12.0. The Morgan fingerprint density at radius 3 is 2.29 bits per heavy atom. The quantitative estimate of drug-likeness (QED) is 0.704. The summed E-state index contributed by atoms with van der Waals surface area (Å²) in [5, 5.41) is 11.3. The fourth-order valence-corrected chi connectivity index (χ4v) is 5.52. The Bertz CT molecular complexity index is 931. The Hall–Kier alpha value is -1.93. The molecule has 1 heterocycles. The second-order valence-corrected chi connectivity index (χ2v) is 9.71. The lowest BCUT2D eigenvalue weighted by Crippen LogP contribution is -2.29. The van der Waals surface area contributed by atoms with Gasteiger partial charge in [0.05, 0.1) is 5.75 Å². The highest BCUT2D eigenvalue weighted by molar-refractivity contribution is 7.91. The lowest BCUT2D eigenvalue weighted by Gasteiger charge is -2.17. The summed E-state index contributed by atoms with van der Waals surface area (Å²) in [5.41, 5.74) is 6.71. The minimum atomic E-state index is -3.48. The van der Waals surface area contributed by atoms with Crippen LogP contribution in [0.25, 0.3) is 0 Å². The van der Waals surface area contributed by atoms with E-state index in [9.17, 15) is 8.42 Å². The van der Waals surface area contributed by atoms with Crippen LogP contribution in [0.4, 0.5) is 11.6 Å². The van der Waals surface area contributed by atoms with E-state index < -0.39 is 9.84 Å². The predicted molar refractivity (Wildman–Crippen MR) is 110 cm³/mol. The fraction of sp³-hybridized carbons (Fsp3) is 0.600. The summed E-state index contributed by atoms with van der Waals surface area (Å²) < 4.78 is 25.2. The monoisotopic (exact) mass is 403 g/mol. The number of anilines is 2. The van der Waals surface area contributed by atoms with E-state index in [4.69, 9.17) is 0 Å². The van der Waals surface area contributed by atoms with Gasteiger partial charge in [-0.2, -0.15) is 0 Å². The van der Waals surface area contributed by atoms with Crippen molar-refractivity contribution in [2.24, 2.45) is 0 Å². The molecule has 2 aliphatic rings. The van der Waals surface area contributed by atoms with Gasteiger partial charge in [0.15, 0.2) is 0 Å². The van der Waals surface area contributed by atoms with Crippen LogP contribution in [0.5, 0.6) is 0 Å². The lowest BCUT2D eigenvalue weighted by molar-refractivity contribution is 0.321. The summed E-state index contributed by atoms with van der Waals surface area (Å²) >= 11 is 0. The van der Waals surface area contributed by atoms with Crippen molar-refractivity contribution < 1.29 is 8.42 Å². The average molecular weight is 404 g/mol. The standard InChI is InChI=1S/C20H29N5O2S/c1-3-25(4-2)11-12-28(26,27)20-22-19(23-24-20)21-18-16-9-5-7-14(16)13-15-8-6-10-17(15)18/h13H,3-12H2,1-2H3,(H2,21,22,23,24). The van der Waals surface area contributed by atoms with E-state index in [1.165, 1.54) is 35.1 Å². The fourth-order valence-electron chi connectivity index (χ4n) is 4.41. The first kappa shape index (κ1) is 19.4. The van der Waals surface area contributed by atoms with Crippen molar-refractivity contribution in [3.8, 4) is 0 Å². The highest BCUT2D eigenvalue weighted by Crippen LogP contribution is 2.39. The number of sulfone groups is 1. The van der Waals surface area contributed by atoms with Crippen LogP contribution in [-0.2, 0) is 35.5 Å². The van der Waals surface area contributed by atoms with Crippen LogP contribution < -0.4 is 5.32 Å². The molecule has 2 aliphatic carbocycles. The summed E-state index contributed by atoms with van der Waals surface area (Å²) in [6.07, 6.45) is 6.72. The third-order valence-corrected chi connectivity index (χ3v) is 7.54. The third kappa shape index (κ3) is 3.67. The van der Waals surface area contributed by atoms with Crippen molar-refractivity contribution in [3.63, 3.8) is 0 Å². The van der Waals surface area contributed by atoms with Gasteiger partial charge in [-0.15, -0.1) is 10.2 Å². The number of fused-ring (bicyclic) bond motifs is 2. The van der Waals surface area contributed by atoms with Gasteiger partial charge in [0.25, 0.3) is 0 Å². The Morgan fingerprint density at radius 1 is 1.04 bits per heavy atom. The summed E-state index contributed by atoms with van der Waals surface area (Å²) in [7, 11) is -3.48. The minimum Gasteiger partial charge on any atom is -0.324 e. The van der Waals surface area contributed by atoms with Gasteiger partial charge in [-0.3, -0.25) is 4.98 Å². The number of nitrogens with zero attached hydrogens (tertiary/aromatic N) is 3. The Balaban J connectivity index is 1.55. The van der Waals surface area contributed by atoms with E-state index in [0.717, 1.165) is 44.5 Å². The molecule has 152 valence electrons. The molecule has 1 aromatic heterocycles. The Kier molecular flexibility index (Phi) is 5.42. The number of aromatic nitrogens is 3. The molecule has 0 atom stereocenters. The van der Waals surface area contributed by atoms with E-state index in [1.807, 2.05) is 13.8 Å². The van der Waals surface area contributed by atoms with Crippen LogP contribution >= 0.6 is 0 Å². The SMILES string of the molecule is CCN(CC)CCS(=O)(=O)c1nnc(Nc2c3c(cc4c2CCC4)CCC3)[nH]1. The molecule has 0 amide bonds. The normalized spacial score (nSPS) is 15.8. The molecule has 1 aromatic carbocycles. The van der Waals surface area contributed by atoms with Gasteiger partial charge in [-0.25, -0.2) is 8.42 Å². The maximum atomic E-state index is 12.6. The van der Waals surface area contributed by atoms with Gasteiger partial charge in [0, 0.05) is 12.2 Å². The van der Waals surface area contributed by atoms with Crippen LogP contribution in [0.2, 0.25) is 0 Å². The number of hydrogen-bond donors (Lipinski definition) is 2. The number of benzene rings is 1. The Labute approximate surface area is 166 Å². The highest BCUT2D eigenvalue weighted by atomic mass is 32.2.